The molecule has 5 heteroatoms. The first-order valence-electron chi connectivity index (χ1n) is 3.25. The minimum atomic E-state index is -1.06. The van der Waals surface area contributed by atoms with Crippen LogP contribution in [0.3, 0.4) is 0 Å². The van der Waals surface area contributed by atoms with Crippen LogP contribution in [0, 0.1) is 0 Å². The van der Waals surface area contributed by atoms with E-state index in [0.717, 1.165) is 0 Å². The Bertz CT molecular complexity index is 125. The van der Waals surface area contributed by atoms with Gasteiger partial charge in [0.05, 0.1) is 12.2 Å². The normalized spacial score (nSPS) is 13.5. The average Bonchev–Trinajstić information content (AvgIpc) is 1.99. The number of nitrogens with two attached hydrogens (primary N) is 1. The molecular formula is C6H14NO3P. The molecular weight excluding hydrogens is 165 g/mol. The van der Waals surface area contributed by atoms with Gasteiger partial charge in [0.15, 0.2) is 14.2 Å². The molecule has 0 aromatic rings. The zero-order valence-corrected chi connectivity index (χ0v) is 7.93. The van der Waals surface area contributed by atoms with Crippen molar-refractivity contribution in [1.82, 2.24) is 0 Å². The van der Waals surface area contributed by atoms with Crippen LogP contribution >= 0.6 is 8.38 Å². The first-order valence-corrected chi connectivity index (χ1v) is 4.62. The molecule has 0 rings (SSSR count). The van der Waals surface area contributed by atoms with E-state index in [9.17, 15) is 4.79 Å². The molecule has 1 atom stereocenters. The van der Waals surface area contributed by atoms with Crippen LogP contribution in [0.2, 0.25) is 0 Å². The number of hydrogen-bond acceptors (Lipinski definition) is 4. The zero-order chi connectivity index (χ0) is 8.85. The summed E-state index contributed by atoms with van der Waals surface area (Å²) >= 11 is 0. The van der Waals surface area contributed by atoms with Gasteiger partial charge in [-0.2, -0.15) is 0 Å². The van der Waals surface area contributed by atoms with Crippen molar-refractivity contribution in [2.45, 2.75) is 13.0 Å². The van der Waals surface area contributed by atoms with Gasteiger partial charge in [-0.25, -0.2) is 0 Å². The molecule has 0 heterocycles. The van der Waals surface area contributed by atoms with Gasteiger partial charge in [-0.15, -0.1) is 0 Å². The zero-order valence-electron chi connectivity index (χ0n) is 7.03. The Morgan fingerprint density at radius 2 is 2.00 bits per heavy atom. The molecule has 0 spiro atoms. The second kappa shape index (κ2) is 5.61. The fourth-order valence-corrected chi connectivity index (χ4v) is 1.42. The first kappa shape index (κ1) is 11.0. The van der Waals surface area contributed by atoms with E-state index >= 15 is 0 Å². The van der Waals surface area contributed by atoms with Gasteiger partial charge in [-0.05, 0) is 6.92 Å². The molecule has 0 aromatic heterocycles. The average molecular weight is 179 g/mol. The third-order valence-corrected chi connectivity index (χ3v) is 2.58. The van der Waals surface area contributed by atoms with Crippen molar-refractivity contribution in [2.24, 2.45) is 5.73 Å². The second-order valence-corrected chi connectivity index (χ2v) is 3.82. The maximum Gasteiger partial charge on any atom is 0.177 e. The van der Waals surface area contributed by atoms with E-state index < -0.39 is 14.4 Å². The number of carbonyl (C=O) groups is 1. The van der Waals surface area contributed by atoms with Crippen LogP contribution in [-0.4, -0.2) is 32.2 Å². The quantitative estimate of drug-likeness (QED) is 0.624. The number of hydrogen-bond donors (Lipinski definition) is 1. The topological polar surface area (TPSA) is 61.5 Å². The Kier molecular flexibility index (Phi) is 5.60. The van der Waals surface area contributed by atoms with Gasteiger partial charge in [-0.3, -0.25) is 4.79 Å². The van der Waals surface area contributed by atoms with E-state index in [1.807, 2.05) is 0 Å². The third kappa shape index (κ3) is 4.43. The van der Waals surface area contributed by atoms with Crippen molar-refractivity contribution >= 4 is 14.2 Å². The highest BCUT2D eigenvalue weighted by Gasteiger charge is 2.15. The molecule has 11 heavy (non-hydrogen) atoms. The lowest BCUT2D eigenvalue weighted by Crippen LogP contribution is -2.28. The lowest BCUT2D eigenvalue weighted by atomic mass is 10.3. The van der Waals surface area contributed by atoms with Crippen molar-refractivity contribution in [3.8, 4) is 0 Å². The monoisotopic (exact) mass is 179 g/mol. The highest BCUT2D eigenvalue weighted by atomic mass is 31.2. The minimum absolute atomic E-state index is 0.0280. The van der Waals surface area contributed by atoms with Gasteiger partial charge in [0.1, 0.15) is 0 Å². The lowest BCUT2D eigenvalue weighted by molar-refractivity contribution is -0.117. The van der Waals surface area contributed by atoms with E-state index in [4.69, 9.17) is 14.8 Å². The third-order valence-electron chi connectivity index (χ3n) is 1.20. The predicted octanol–water partition coefficient (Wildman–Crippen LogP) is 0.507. The molecule has 66 valence electrons. The molecule has 0 saturated carbocycles. The molecule has 2 N–H and O–H groups in total. The largest absolute Gasteiger partial charge is 0.337 e. The SMILES string of the molecule is COP(CC(=O)[C@H](C)N)OC. The van der Waals surface area contributed by atoms with Crippen molar-refractivity contribution in [3.05, 3.63) is 0 Å². The molecule has 0 amide bonds. The summed E-state index contributed by atoms with van der Waals surface area (Å²) in [7, 11) is 1.98. The van der Waals surface area contributed by atoms with Crippen LogP contribution in [0.15, 0.2) is 0 Å². The van der Waals surface area contributed by atoms with E-state index in [0.29, 0.717) is 0 Å². The lowest BCUT2D eigenvalue weighted by Gasteiger charge is -2.11. The Labute approximate surface area is 68.0 Å². The molecule has 0 saturated heterocycles. The van der Waals surface area contributed by atoms with Crippen LogP contribution in [0.5, 0.6) is 0 Å². The van der Waals surface area contributed by atoms with Crippen LogP contribution in [0.25, 0.3) is 0 Å². The number of Topliss-reactive ketones (excluding diaryl/α,β-unsaturated/α-hetero) is 1. The van der Waals surface area contributed by atoms with E-state index in [2.05, 4.69) is 0 Å². The molecule has 0 bridgehead atoms. The molecule has 0 aliphatic heterocycles. The summed E-state index contributed by atoms with van der Waals surface area (Å²) in [6.45, 7) is 1.65. The number of ketones is 1. The van der Waals surface area contributed by atoms with Gasteiger partial charge in [0.2, 0.25) is 0 Å². The highest BCUT2D eigenvalue weighted by molar-refractivity contribution is 7.48. The van der Waals surface area contributed by atoms with E-state index in [1.54, 1.807) is 6.92 Å². The van der Waals surface area contributed by atoms with E-state index in [-0.39, 0.29) is 11.9 Å². The van der Waals surface area contributed by atoms with Gasteiger partial charge in [0.25, 0.3) is 0 Å². The highest BCUT2D eigenvalue weighted by Crippen LogP contribution is 2.35. The van der Waals surface area contributed by atoms with Crippen molar-refractivity contribution in [3.63, 3.8) is 0 Å². The molecule has 0 fully saturated rings. The summed E-state index contributed by atoms with van der Waals surface area (Å²) in [6, 6.07) is -0.426. The summed E-state index contributed by atoms with van der Waals surface area (Å²) in [5.41, 5.74) is 5.34. The Hall–Kier alpha value is -0.0200. The summed E-state index contributed by atoms with van der Waals surface area (Å²) in [5, 5.41) is 0. The standard InChI is InChI=1S/C6H14NO3P/c1-5(7)6(8)4-11(9-2)10-3/h5H,4,7H2,1-3H3/t5-/m0/s1. The summed E-state index contributed by atoms with van der Waals surface area (Å²) in [4.78, 5) is 11.0. The van der Waals surface area contributed by atoms with Crippen molar-refractivity contribution < 1.29 is 13.8 Å². The van der Waals surface area contributed by atoms with Gasteiger partial charge in [0, 0.05) is 14.2 Å². The fraction of sp³-hybridized carbons (Fsp3) is 0.833. The molecule has 0 aliphatic carbocycles. The van der Waals surface area contributed by atoms with E-state index in [1.165, 1.54) is 14.2 Å². The van der Waals surface area contributed by atoms with Crippen LogP contribution in [-0.2, 0) is 13.8 Å². The summed E-state index contributed by atoms with van der Waals surface area (Å²) in [5.74, 6) is -0.0280. The Balaban J connectivity index is 3.72. The van der Waals surface area contributed by atoms with Crippen LogP contribution in [0.1, 0.15) is 6.92 Å². The molecule has 0 aliphatic rings. The van der Waals surface area contributed by atoms with Crippen molar-refractivity contribution in [2.75, 3.05) is 20.4 Å². The smallest absolute Gasteiger partial charge is 0.177 e. The maximum absolute atomic E-state index is 11.0. The Morgan fingerprint density at radius 1 is 1.55 bits per heavy atom. The van der Waals surface area contributed by atoms with Crippen LogP contribution in [0.4, 0.5) is 0 Å². The Morgan fingerprint density at radius 3 is 2.27 bits per heavy atom. The number of rotatable bonds is 5. The number of carbonyl (C=O) groups excluding carboxylic acids is 1. The predicted molar refractivity (Wildman–Crippen MR) is 44.5 cm³/mol. The summed E-state index contributed by atoms with van der Waals surface area (Å²) in [6.07, 6.45) is 0.278. The first-order chi connectivity index (χ1) is 5.11. The van der Waals surface area contributed by atoms with Gasteiger partial charge in [-0.1, -0.05) is 0 Å². The van der Waals surface area contributed by atoms with Crippen LogP contribution < -0.4 is 5.73 Å². The maximum atomic E-state index is 11.0. The minimum Gasteiger partial charge on any atom is -0.337 e. The van der Waals surface area contributed by atoms with Gasteiger partial charge < -0.3 is 14.8 Å². The summed E-state index contributed by atoms with van der Waals surface area (Å²) < 4.78 is 9.77. The molecule has 0 unspecified atom stereocenters. The van der Waals surface area contributed by atoms with Crippen molar-refractivity contribution in [1.29, 1.82) is 0 Å². The molecule has 0 radical (unpaired) electrons. The second-order valence-electron chi connectivity index (χ2n) is 2.11. The molecule has 4 nitrogen and oxygen atoms in total. The molecule has 0 aromatic carbocycles. The van der Waals surface area contributed by atoms with Gasteiger partial charge >= 0.3 is 0 Å². The fourth-order valence-electron chi connectivity index (χ4n) is 0.475.